The van der Waals surface area contributed by atoms with E-state index < -0.39 is 0 Å². The number of nitrogens with zero attached hydrogens (tertiary/aromatic N) is 2. The van der Waals surface area contributed by atoms with Gasteiger partial charge in [-0.15, -0.1) is 0 Å². The normalized spacial score (nSPS) is 10.6. The minimum atomic E-state index is 0.530. The number of rotatable bonds is 1. The van der Waals surface area contributed by atoms with Crippen LogP contribution in [0.4, 0.5) is 5.82 Å². The summed E-state index contributed by atoms with van der Waals surface area (Å²) in [6.07, 6.45) is 0. The van der Waals surface area contributed by atoms with Crippen LogP contribution in [-0.2, 0) is 0 Å². The first-order valence-electron chi connectivity index (χ1n) is 4.35. The van der Waals surface area contributed by atoms with Crippen LogP contribution in [0.1, 0.15) is 5.69 Å². The lowest BCUT2D eigenvalue weighted by atomic mass is 10.3. The SMILES string of the molecule is Cc1cc(N)nn1-c1ccc(Br)cc1Br. The highest BCUT2D eigenvalue weighted by atomic mass is 79.9. The van der Waals surface area contributed by atoms with Crippen LogP contribution in [0.25, 0.3) is 5.69 Å². The van der Waals surface area contributed by atoms with Gasteiger partial charge in [0.05, 0.1) is 5.69 Å². The van der Waals surface area contributed by atoms with Crippen molar-refractivity contribution in [3.63, 3.8) is 0 Å². The first-order valence-corrected chi connectivity index (χ1v) is 5.94. The quantitative estimate of drug-likeness (QED) is 0.872. The lowest BCUT2D eigenvalue weighted by Gasteiger charge is -2.06. The number of halogens is 2. The number of aryl methyl sites for hydroxylation is 1. The van der Waals surface area contributed by atoms with Crippen molar-refractivity contribution >= 4 is 37.7 Å². The van der Waals surface area contributed by atoms with Crippen LogP contribution in [0, 0.1) is 6.92 Å². The number of benzene rings is 1. The van der Waals surface area contributed by atoms with Gasteiger partial charge in [-0.3, -0.25) is 0 Å². The maximum atomic E-state index is 5.64. The molecule has 1 heterocycles. The van der Waals surface area contributed by atoms with Crippen LogP contribution in [0.15, 0.2) is 33.2 Å². The minimum Gasteiger partial charge on any atom is -0.382 e. The van der Waals surface area contributed by atoms with Gasteiger partial charge in [-0.1, -0.05) is 15.9 Å². The molecule has 0 saturated carbocycles. The van der Waals surface area contributed by atoms with Crippen molar-refractivity contribution in [1.29, 1.82) is 0 Å². The molecule has 3 nitrogen and oxygen atoms in total. The fraction of sp³-hybridized carbons (Fsp3) is 0.100. The van der Waals surface area contributed by atoms with Crippen molar-refractivity contribution in [2.75, 3.05) is 5.73 Å². The second-order valence-corrected chi connectivity index (χ2v) is 4.99. The van der Waals surface area contributed by atoms with Gasteiger partial charge >= 0.3 is 0 Å². The number of hydrogen-bond donors (Lipinski definition) is 1. The van der Waals surface area contributed by atoms with E-state index in [9.17, 15) is 0 Å². The molecule has 1 aromatic heterocycles. The maximum absolute atomic E-state index is 5.64. The van der Waals surface area contributed by atoms with Gasteiger partial charge in [0.25, 0.3) is 0 Å². The van der Waals surface area contributed by atoms with Gasteiger partial charge < -0.3 is 5.73 Å². The lowest BCUT2D eigenvalue weighted by molar-refractivity contribution is 0.847. The second-order valence-electron chi connectivity index (χ2n) is 3.22. The lowest BCUT2D eigenvalue weighted by Crippen LogP contribution is -2.00. The Bertz CT molecular complexity index is 505. The van der Waals surface area contributed by atoms with Crippen molar-refractivity contribution < 1.29 is 0 Å². The zero-order valence-corrected chi connectivity index (χ0v) is 11.2. The van der Waals surface area contributed by atoms with Crippen molar-refractivity contribution in [2.45, 2.75) is 6.92 Å². The summed E-state index contributed by atoms with van der Waals surface area (Å²) in [6, 6.07) is 7.77. The summed E-state index contributed by atoms with van der Waals surface area (Å²) in [5.74, 6) is 0.530. The molecule has 0 spiro atoms. The molecule has 0 unspecified atom stereocenters. The second kappa shape index (κ2) is 3.98. The summed E-state index contributed by atoms with van der Waals surface area (Å²) >= 11 is 6.90. The third-order valence-electron chi connectivity index (χ3n) is 2.04. The largest absolute Gasteiger partial charge is 0.382 e. The van der Waals surface area contributed by atoms with E-state index in [0.29, 0.717) is 5.82 Å². The van der Waals surface area contributed by atoms with Crippen LogP contribution < -0.4 is 5.73 Å². The number of hydrogen-bond acceptors (Lipinski definition) is 2. The molecule has 0 fully saturated rings. The Morgan fingerprint density at radius 2 is 2.00 bits per heavy atom. The standard InChI is InChI=1S/C10H9Br2N3/c1-6-4-10(13)14-15(6)9-3-2-7(11)5-8(9)12/h2-5H,1H3,(H2,13,14). The predicted octanol–water partition coefficient (Wildman–Crippen LogP) is 3.29. The van der Waals surface area contributed by atoms with Crippen molar-refractivity contribution in [3.8, 4) is 5.69 Å². The monoisotopic (exact) mass is 329 g/mol. The number of nitrogen functional groups attached to an aromatic ring is 1. The third-order valence-corrected chi connectivity index (χ3v) is 3.17. The summed E-state index contributed by atoms with van der Waals surface area (Å²) in [7, 11) is 0. The molecule has 78 valence electrons. The molecule has 5 heteroatoms. The molecule has 0 aliphatic heterocycles. The number of aromatic nitrogens is 2. The zero-order chi connectivity index (χ0) is 11.0. The molecule has 1 aromatic carbocycles. The minimum absolute atomic E-state index is 0.530. The van der Waals surface area contributed by atoms with Gasteiger partial charge in [0.15, 0.2) is 0 Å². The van der Waals surface area contributed by atoms with Crippen LogP contribution in [0.5, 0.6) is 0 Å². The van der Waals surface area contributed by atoms with Crippen molar-refractivity contribution in [2.24, 2.45) is 0 Å². The molecule has 2 rings (SSSR count). The maximum Gasteiger partial charge on any atom is 0.146 e. The fourth-order valence-corrected chi connectivity index (χ4v) is 2.61. The van der Waals surface area contributed by atoms with Gasteiger partial charge in [0, 0.05) is 20.7 Å². The summed E-state index contributed by atoms with van der Waals surface area (Å²) in [5, 5.41) is 4.22. The third kappa shape index (κ3) is 2.08. The molecule has 0 radical (unpaired) electrons. The zero-order valence-electron chi connectivity index (χ0n) is 8.04. The molecular weight excluding hydrogens is 322 g/mol. The average Bonchev–Trinajstić information content (AvgIpc) is 2.45. The smallest absolute Gasteiger partial charge is 0.146 e. The van der Waals surface area contributed by atoms with E-state index in [-0.39, 0.29) is 0 Å². The Labute approximate surface area is 105 Å². The molecule has 0 amide bonds. The van der Waals surface area contributed by atoms with Gasteiger partial charge in [0.2, 0.25) is 0 Å². The van der Waals surface area contributed by atoms with Gasteiger partial charge in [0.1, 0.15) is 5.82 Å². The Morgan fingerprint density at radius 3 is 2.53 bits per heavy atom. The van der Waals surface area contributed by atoms with Crippen LogP contribution in [0.3, 0.4) is 0 Å². The molecule has 0 aliphatic rings. The van der Waals surface area contributed by atoms with Gasteiger partial charge in [-0.05, 0) is 41.1 Å². The van der Waals surface area contributed by atoms with Crippen molar-refractivity contribution in [3.05, 3.63) is 38.9 Å². The molecule has 2 aromatic rings. The van der Waals surface area contributed by atoms with Gasteiger partial charge in [-0.25, -0.2) is 4.68 Å². The Hall–Kier alpha value is -0.810. The van der Waals surface area contributed by atoms with E-state index >= 15 is 0 Å². The van der Waals surface area contributed by atoms with Crippen LogP contribution in [-0.4, -0.2) is 9.78 Å². The van der Waals surface area contributed by atoms with Crippen LogP contribution in [0.2, 0.25) is 0 Å². The Balaban J connectivity index is 2.59. The highest BCUT2D eigenvalue weighted by molar-refractivity contribution is 9.11. The topological polar surface area (TPSA) is 43.8 Å². The van der Waals surface area contributed by atoms with Crippen molar-refractivity contribution in [1.82, 2.24) is 9.78 Å². The number of nitrogens with two attached hydrogens (primary N) is 1. The average molecular weight is 331 g/mol. The highest BCUT2D eigenvalue weighted by Crippen LogP contribution is 2.26. The molecular formula is C10H9Br2N3. The first kappa shape index (κ1) is 10.7. The van der Waals surface area contributed by atoms with Crippen LogP contribution >= 0.6 is 31.9 Å². The van der Waals surface area contributed by atoms with E-state index in [4.69, 9.17) is 5.73 Å². The molecule has 0 atom stereocenters. The molecule has 15 heavy (non-hydrogen) atoms. The molecule has 0 bridgehead atoms. The summed E-state index contributed by atoms with van der Waals surface area (Å²) in [5.41, 5.74) is 7.63. The first-order chi connectivity index (χ1) is 7.08. The predicted molar refractivity (Wildman–Crippen MR) is 68.1 cm³/mol. The number of anilines is 1. The highest BCUT2D eigenvalue weighted by Gasteiger charge is 2.07. The molecule has 0 saturated heterocycles. The molecule has 0 aliphatic carbocycles. The Morgan fingerprint density at radius 1 is 1.27 bits per heavy atom. The van der Waals surface area contributed by atoms with E-state index in [1.165, 1.54) is 0 Å². The van der Waals surface area contributed by atoms with Gasteiger partial charge in [-0.2, -0.15) is 5.10 Å². The van der Waals surface area contributed by atoms with E-state index in [1.54, 1.807) is 0 Å². The van der Waals surface area contributed by atoms with E-state index in [1.807, 2.05) is 35.9 Å². The van der Waals surface area contributed by atoms with E-state index in [0.717, 1.165) is 20.3 Å². The summed E-state index contributed by atoms with van der Waals surface area (Å²) in [6.45, 7) is 1.97. The van der Waals surface area contributed by atoms with E-state index in [2.05, 4.69) is 37.0 Å². The molecule has 2 N–H and O–H groups in total. The Kier molecular flexibility index (Phi) is 2.84. The summed E-state index contributed by atoms with van der Waals surface area (Å²) in [4.78, 5) is 0. The summed E-state index contributed by atoms with van der Waals surface area (Å²) < 4.78 is 3.81. The fourth-order valence-electron chi connectivity index (χ4n) is 1.40.